The lowest BCUT2D eigenvalue weighted by atomic mass is 10.2. The van der Waals surface area contributed by atoms with Crippen LogP contribution in [-0.4, -0.2) is 22.2 Å². The lowest BCUT2D eigenvalue weighted by Gasteiger charge is -2.06. The molecular weight excluding hydrogens is 335 g/mol. The standard InChI is InChI=1S/C11H9IN2O3/c1-17-9-4-6(2-3-8(9)15)10-13-5-7(12)11(16)14-10/h2-5,15H,1H3,(H,13,14,16). The van der Waals surface area contributed by atoms with Crippen LogP contribution in [0.15, 0.2) is 29.2 Å². The van der Waals surface area contributed by atoms with E-state index in [9.17, 15) is 9.90 Å². The SMILES string of the molecule is COc1cc(-c2ncc(I)c(=O)[nH]2)ccc1O. The third kappa shape index (κ3) is 2.41. The molecule has 0 aliphatic rings. The second-order valence-electron chi connectivity index (χ2n) is 3.30. The Hall–Kier alpha value is -1.57. The molecule has 0 saturated carbocycles. The lowest BCUT2D eigenvalue weighted by Crippen LogP contribution is -2.11. The number of hydrogen-bond acceptors (Lipinski definition) is 4. The zero-order valence-corrected chi connectivity index (χ0v) is 11.1. The quantitative estimate of drug-likeness (QED) is 0.814. The van der Waals surface area contributed by atoms with Gasteiger partial charge in [0, 0.05) is 11.8 Å². The molecule has 0 atom stereocenters. The van der Waals surface area contributed by atoms with Gasteiger partial charge >= 0.3 is 0 Å². The van der Waals surface area contributed by atoms with E-state index in [4.69, 9.17) is 4.74 Å². The number of H-pyrrole nitrogens is 1. The van der Waals surface area contributed by atoms with Gasteiger partial charge in [-0.15, -0.1) is 0 Å². The number of rotatable bonds is 2. The third-order valence-corrected chi connectivity index (χ3v) is 2.98. The summed E-state index contributed by atoms with van der Waals surface area (Å²) in [4.78, 5) is 18.2. The number of aromatic hydroxyl groups is 1. The Bertz CT molecular complexity index is 610. The minimum absolute atomic E-state index is 0.0455. The van der Waals surface area contributed by atoms with Crippen molar-refractivity contribution < 1.29 is 9.84 Å². The number of aromatic amines is 1. The van der Waals surface area contributed by atoms with Gasteiger partial charge in [-0.05, 0) is 40.8 Å². The number of hydrogen-bond donors (Lipinski definition) is 2. The van der Waals surface area contributed by atoms with Crippen molar-refractivity contribution in [1.29, 1.82) is 0 Å². The van der Waals surface area contributed by atoms with Crippen LogP contribution in [-0.2, 0) is 0 Å². The molecule has 0 saturated heterocycles. The monoisotopic (exact) mass is 344 g/mol. The Labute approximate surface area is 111 Å². The zero-order valence-electron chi connectivity index (χ0n) is 8.90. The number of halogens is 1. The van der Waals surface area contributed by atoms with Crippen molar-refractivity contribution in [1.82, 2.24) is 9.97 Å². The van der Waals surface area contributed by atoms with Crippen LogP contribution >= 0.6 is 22.6 Å². The molecule has 0 radical (unpaired) electrons. The normalized spacial score (nSPS) is 10.2. The van der Waals surface area contributed by atoms with E-state index < -0.39 is 0 Å². The van der Waals surface area contributed by atoms with Gasteiger partial charge in [-0.2, -0.15) is 0 Å². The number of benzene rings is 1. The predicted octanol–water partition coefficient (Wildman–Crippen LogP) is 1.76. The Morgan fingerprint density at radius 2 is 2.24 bits per heavy atom. The topological polar surface area (TPSA) is 75.2 Å². The molecular formula is C11H9IN2O3. The predicted molar refractivity (Wildman–Crippen MR) is 71.2 cm³/mol. The van der Waals surface area contributed by atoms with E-state index in [0.717, 1.165) is 0 Å². The van der Waals surface area contributed by atoms with Crippen LogP contribution in [0.25, 0.3) is 11.4 Å². The maximum absolute atomic E-state index is 11.5. The molecule has 0 bridgehead atoms. The van der Waals surface area contributed by atoms with Gasteiger partial charge in [0.2, 0.25) is 0 Å². The van der Waals surface area contributed by atoms with Crippen molar-refractivity contribution in [2.75, 3.05) is 7.11 Å². The summed E-state index contributed by atoms with van der Waals surface area (Å²) in [6.07, 6.45) is 1.49. The average molecular weight is 344 g/mol. The summed E-state index contributed by atoms with van der Waals surface area (Å²) in [5, 5.41) is 9.46. The molecule has 0 aliphatic carbocycles. The fourth-order valence-corrected chi connectivity index (χ4v) is 1.63. The minimum Gasteiger partial charge on any atom is -0.504 e. The van der Waals surface area contributed by atoms with E-state index in [2.05, 4.69) is 9.97 Å². The first-order valence-corrected chi connectivity index (χ1v) is 5.82. The maximum atomic E-state index is 11.5. The summed E-state index contributed by atoms with van der Waals surface area (Å²) in [6, 6.07) is 4.76. The van der Waals surface area contributed by atoms with Crippen molar-refractivity contribution in [3.8, 4) is 22.9 Å². The largest absolute Gasteiger partial charge is 0.504 e. The second kappa shape index (κ2) is 4.74. The molecule has 88 valence electrons. The first-order valence-electron chi connectivity index (χ1n) is 4.74. The molecule has 0 spiro atoms. The summed E-state index contributed by atoms with van der Waals surface area (Å²) in [5.74, 6) is 0.821. The smallest absolute Gasteiger partial charge is 0.264 e. The van der Waals surface area contributed by atoms with Crippen molar-refractivity contribution in [3.05, 3.63) is 38.3 Å². The Kier molecular flexibility index (Phi) is 3.32. The molecule has 2 N–H and O–H groups in total. The highest BCUT2D eigenvalue weighted by Crippen LogP contribution is 2.29. The highest BCUT2D eigenvalue weighted by Gasteiger charge is 2.07. The van der Waals surface area contributed by atoms with Crippen LogP contribution in [0.2, 0.25) is 0 Å². The number of aromatic nitrogens is 2. The number of methoxy groups -OCH3 is 1. The molecule has 2 rings (SSSR count). The van der Waals surface area contributed by atoms with E-state index in [0.29, 0.717) is 20.7 Å². The Morgan fingerprint density at radius 1 is 1.47 bits per heavy atom. The molecule has 17 heavy (non-hydrogen) atoms. The summed E-state index contributed by atoms with van der Waals surface area (Å²) in [7, 11) is 1.46. The van der Waals surface area contributed by atoms with Gasteiger partial charge < -0.3 is 14.8 Å². The molecule has 0 fully saturated rings. The van der Waals surface area contributed by atoms with Gasteiger partial charge in [-0.1, -0.05) is 0 Å². The van der Waals surface area contributed by atoms with Gasteiger partial charge in [-0.25, -0.2) is 4.98 Å². The van der Waals surface area contributed by atoms with Crippen LogP contribution < -0.4 is 10.3 Å². The summed E-state index contributed by atoms with van der Waals surface area (Å²) >= 11 is 1.91. The first-order chi connectivity index (χ1) is 8.11. The Balaban J connectivity index is 2.53. The van der Waals surface area contributed by atoms with Gasteiger partial charge in [0.15, 0.2) is 11.5 Å². The van der Waals surface area contributed by atoms with E-state index in [1.165, 1.54) is 19.4 Å². The summed E-state index contributed by atoms with van der Waals surface area (Å²) < 4.78 is 5.51. The minimum atomic E-state index is -0.192. The number of phenols is 1. The van der Waals surface area contributed by atoms with Crippen molar-refractivity contribution >= 4 is 22.6 Å². The summed E-state index contributed by atoms with van der Waals surface area (Å²) in [5.41, 5.74) is 0.482. The molecule has 0 unspecified atom stereocenters. The molecule has 5 nitrogen and oxygen atoms in total. The highest BCUT2D eigenvalue weighted by molar-refractivity contribution is 14.1. The fraction of sp³-hybridized carbons (Fsp3) is 0.0909. The zero-order chi connectivity index (χ0) is 12.4. The van der Waals surface area contributed by atoms with Crippen molar-refractivity contribution in [2.45, 2.75) is 0 Å². The van der Waals surface area contributed by atoms with Crippen LogP contribution in [0, 0.1) is 3.57 Å². The molecule has 1 aromatic carbocycles. The van der Waals surface area contributed by atoms with Crippen LogP contribution in [0.3, 0.4) is 0 Å². The van der Waals surface area contributed by atoms with Crippen LogP contribution in [0.1, 0.15) is 0 Å². The van der Waals surface area contributed by atoms with Gasteiger partial charge in [0.05, 0.1) is 10.7 Å². The van der Waals surface area contributed by atoms with Crippen molar-refractivity contribution in [3.63, 3.8) is 0 Å². The van der Waals surface area contributed by atoms with Gasteiger partial charge in [0.25, 0.3) is 5.56 Å². The second-order valence-corrected chi connectivity index (χ2v) is 4.46. The molecule has 1 aromatic heterocycles. The molecule has 1 heterocycles. The third-order valence-electron chi connectivity index (χ3n) is 2.21. The number of nitrogens with zero attached hydrogens (tertiary/aromatic N) is 1. The molecule has 6 heteroatoms. The van der Waals surface area contributed by atoms with E-state index in [-0.39, 0.29) is 11.3 Å². The van der Waals surface area contributed by atoms with E-state index in [1.807, 2.05) is 22.6 Å². The van der Waals surface area contributed by atoms with Crippen LogP contribution in [0.4, 0.5) is 0 Å². The molecule has 0 amide bonds. The highest BCUT2D eigenvalue weighted by atomic mass is 127. The van der Waals surface area contributed by atoms with Crippen LogP contribution in [0.5, 0.6) is 11.5 Å². The van der Waals surface area contributed by atoms with E-state index in [1.54, 1.807) is 12.1 Å². The van der Waals surface area contributed by atoms with Gasteiger partial charge in [-0.3, -0.25) is 4.79 Å². The summed E-state index contributed by atoms with van der Waals surface area (Å²) in [6.45, 7) is 0. The van der Waals surface area contributed by atoms with E-state index >= 15 is 0 Å². The van der Waals surface area contributed by atoms with Crippen molar-refractivity contribution in [2.24, 2.45) is 0 Å². The van der Waals surface area contributed by atoms with Gasteiger partial charge in [0.1, 0.15) is 5.82 Å². The molecule has 2 aromatic rings. The lowest BCUT2D eigenvalue weighted by molar-refractivity contribution is 0.373. The first kappa shape index (κ1) is 11.9. The number of nitrogens with one attached hydrogen (secondary N) is 1. The molecule has 0 aliphatic heterocycles. The Morgan fingerprint density at radius 3 is 2.88 bits per heavy atom. The number of ether oxygens (including phenoxy) is 1. The number of phenolic OH excluding ortho intramolecular Hbond substituents is 1. The fourth-order valence-electron chi connectivity index (χ4n) is 1.35. The maximum Gasteiger partial charge on any atom is 0.264 e. The average Bonchev–Trinajstić information content (AvgIpc) is 2.33.